The van der Waals surface area contributed by atoms with Crippen LogP contribution in [0.3, 0.4) is 0 Å². The fraction of sp³-hybridized carbons (Fsp3) is 0.0526. The minimum absolute atomic E-state index is 0.126. The lowest BCUT2D eigenvalue weighted by Crippen LogP contribution is -2.22. The lowest BCUT2D eigenvalue weighted by Gasteiger charge is -2.01. The molecule has 5 heteroatoms. The topological polar surface area (TPSA) is 62.7 Å². The van der Waals surface area contributed by atoms with E-state index < -0.39 is 0 Å². The summed E-state index contributed by atoms with van der Waals surface area (Å²) in [4.78, 5) is 15.4. The van der Waals surface area contributed by atoms with Gasteiger partial charge in [-0.2, -0.15) is 5.10 Å². The van der Waals surface area contributed by atoms with E-state index in [9.17, 15) is 4.79 Å². The second-order valence-corrected chi connectivity index (χ2v) is 5.58. The molecular weight excluding hydrogens is 300 g/mol. The van der Waals surface area contributed by atoms with Gasteiger partial charge in [-0.3, -0.25) is 4.79 Å². The number of hydrogen-bond donors (Lipinski definition) is 2. The Labute approximate surface area is 138 Å². The number of carbonyl (C=O) groups excluding carboxylic acids is 1. The molecule has 5 nitrogen and oxygen atoms in total. The van der Waals surface area contributed by atoms with E-state index in [0.29, 0.717) is 12.2 Å². The molecule has 0 radical (unpaired) electrons. The van der Waals surface area contributed by atoms with Crippen LogP contribution in [-0.2, 0) is 6.54 Å². The number of benzene rings is 2. The zero-order valence-electron chi connectivity index (χ0n) is 12.9. The molecule has 0 unspecified atom stereocenters. The number of nitrogens with one attached hydrogen (secondary N) is 2. The van der Waals surface area contributed by atoms with Gasteiger partial charge in [0.15, 0.2) is 0 Å². The molecule has 0 saturated carbocycles. The summed E-state index contributed by atoms with van der Waals surface area (Å²) in [6.45, 7) is 0.432. The van der Waals surface area contributed by atoms with Crippen molar-refractivity contribution < 1.29 is 4.79 Å². The lowest BCUT2D eigenvalue weighted by molar-refractivity contribution is 0.0947. The van der Waals surface area contributed by atoms with Gasteiger partial charge in [-0.15, -0.1) is 0 Å². The molecule has 118 valence electrons. The molecule has 4 aromatic rings. The highest BCUT2D eigenvalue weighted by molar-refractivity contribution is 5.97. The van der Waals surface area contributed by atoms with Crippen LogP contribution in [0.2, 0.25) is 0 Å². The van der Waals surface area contributed by atoms with Crippen molar-refractivity contribution in [3.05, 3.63) is 84.3 Å². The van der Waals surface area contributed by atoms with E-state index in [1.165, 1.54) is 0 Å². The Morgan fingerprint density at radius 1 is 1.08 bits per heavy atom. The minimum Gasteiger partial charge on any atom is -0.351 e. The van der Waals surface area contributed by atoms with Crippen LogP contribution in [0, 0.1) is 0 Å². The van der Waals surface area contributed by atoms with Crippen LogP contribution in [0.15, 0.2) is 73.1 Å². The Balaban J connectivity index is 1.45. The molecule has 0 atom stereocenters. The molecule has 2 N–H and O–H groups in total. The lowest BCUT2D eigenvalue weighted by atomic mass is 10.2. The summed E-state index contributed by atoms with van der Waals surface area (Å²) in [6, 6.07) is 19.6. The Hall–Kier alpha value is -3.34. The number of amides is 1. The van der Waals surface area contributed by atoms with Crippen LogP contribution >= 0.6 is 0 Å². The average molecular weight is 316 g/mol. The quantitative estimate of drug-likeness (QED) is 0.607. The third-order valence-electron chi connectivity index (χ3n) is 3.88. The summed E-state index contributed by atoms with van der Waals surface area (Å²) in [6.07, 6.45) is 3.68. The van der Waals surface area contributed by atoms with Crippen molar-refractivity contribution in [1.82, 2.24) is 20.1 Å². The maximum Gasteiger partial charge on any atom is 0.267 e. The molecule has 0 saturated heterocycles. The number of aromatic nitrogens is 3. The summed E-state index contributed by atoms with van der Waals surface area (Å²) in [5, 5.41) is 8.27. The highest BCUT2D eigenvalue weighted by Gasteiger charge is 2.09. The maximum absolute atomic E-state index is 12.3. The van der Waals surface area contributed by atoms with E-state index in [2.05, 4.69) is 15.4 Å². The van der Waals surface area contributed by atoms with Crippen molar-refractivity contribution in [1.29, 1.82) is 0 Å². The van der Waals surface area contributed by atoms with Crippen LogP contribution < -0.4 is 5.32 Å². The van der Waals surface area contributed by atoms with Gasteiger partial charge in [0.05, 0.1) is 11.9 Å². The van der Waals surface area contributed by atoms with Crippen molar-refractivity contribution in [3.8, 4) is 5.69 Å². The van der Waals surface area contributed by atoms with E-state index in [1.54, 1.807) is 10.9 Å². The van der Waals surface area contributed by atoms with Crippen LogP contribution in [0.1, 0.15) is 16.1 Å². The predicted molar refractivity (Wildman–Crippen MR) is 93.0 cm³/mol. The van der Waals surface area contributed by atoms with Crippen molar-refractivity contribution in [3.63, 3.8) is 0 Å². The number of hydrogen-bond acceptors (Lipinski definition) is 2. The summed E-state index contributed by atoms with van der Waals surface area (Å²) in [5.41, 5.74) is 3.46. The Morgan fingerprint density at radius 2 is 1.88 bits per heavy atom. The molecule has 24 heavy (non-hydrogen) atoms. The van der Waals surface area contributed by atoms with E-state index in [1.807, 2.05) is 66.9 Å². The number of H-pyrrole nitrogens is 1. The molecule has 0 spiro atoms. The zero-order valence-corrected chi connectivity index (χ0v) is 12.9. The van der Waals surface area contributed by atoms with Gasteiger partial charge in [0, 0.05) is 29.2 Å². The summed E-state index contributed by atoms with van der Waals surface area (Å²) in [7, 11) is 0. The third kappa shape index (κ3) is 2.79. The molecule has 2 heterocycles. The first kappa shape index (κ1) is 14.3. The molecular formula is C19H16N4O. The standard InChI is InChI=1S/C19H16N4O/c24-19(18-10-15-6-4-5-9-17(15)22-18)20-11-14-12-21-23(13-14)16-7-2-1-3-8-16/h1-10,12-13,22H,11H2,(H,20,24). The molecule has 4 rings (SSSR count). The van der Waals surface area contributed by atoms with Gasteiger partial charge < -0.3 is 10.3 Å². The second kappa shape index (κ2) is 6.04. The predicted octanol–water partition coefficient (Wildman–Crippen LogP) is 3.28. The zero-order chi connectivity index (χ0) is 16.4. The molecule has 0 fully saturated rings. The van der Waals surface area contributed by atoms with Gasteiger partial charge in [0.2, 0.25) is 0 Å². The number of carbonyl (C=O) groups is 1. The second-order valence-electron chi connectivity index (χ2n) is 5.58. The van der Waals surface area contributed by atoms with Crippen LogP contribution in [0.25, 0.3) is 16.6 Å². The largest absolute Gasteiger partial charge is 0.351 e. The molecule has 0 aliphatic heterocycles. The molecule has 0 aliphatic carbocycles. The number of para-hydroxylation sites is 2. The molecule has 2 aromatic carbocycles. The first-order chi connectivity index (χ1) is 11.8. The van der Waals surface area contributed by atoms with Gasteiger partial charge >= 0.3 is 0 Å². The van der Waals surface area contributed by atoms with Crippen molar-refractivity contribution in [2.45, 2.75) is 6.54 Å². The Bertz CT molecular complexity index is 952. The summed E-state index contributed by atoms with van der Waals surface area (Å²) >= 11 is 0. The number of rotatable bonds is 4. The van der Waals surface area contributed by atoms with E-state index in [-0.39, 0.29) is 5.91 Å². The highest BCUT2D eigenvalue weighted by atomic mass is 16.1. The first-order valence-electron chi connectivity index (χ1n) is 7.74. The van der Waals surface area contributed by atoms with Gasteiger partial charge in [-0.25, -0.2) is 4.68 Å². The van der Waals surface area contributed by atoms with Crippen molar-refractivity contribution >= 4 is 16.8 Å². The average Bonchev–Trinajstić information content (AvgIpc) is 3.27. The Kier molecular flexibility index (Phi) is 3.59. The van der Waals surface area contributed by atoms with Crippen LogP contribution in [0.5, 0.6) is 0 Å². The minimum atomic E-state index is -0.126. The monoisotopic (exact) mass is 316 g/mol. The van der Waals surface area contributed by atoms with Gasteiger partial charge in [0.1, 0.15) is 5.69 Å². The van der Waals surface area contributed by atoms with Crippen molar-refractivity contribution in [2.24, 2.45) is 0 Å². The van der Waals surface area contributed by atoms with Crippen LogP contribution in [0.4, 0.5) is 0 Å². The normalized spacial score (nSPS) is 10.8. The third-order valence-corrected chi connectivity index (χ3v) is 3.88. The number of nitrogens with zero attached hydrogens (tertiary/aromatic N) is 2. The SMILES string of the molecule is O=C(NCc1cnn(-c2ccccc2)c1)c1cc2ccccc2[nH]1. The molecule has 1 amide bonds. The Morgan fingerprint density at radius 3 is 2.71 bits per heavy atom. The van der Waals surface area contributed by atoms with Gasteiger partial charge in [0.25, 0.3) is 5.91 Å². The number of aromatic amines is 1. The molecule has 2 aromatic heterocycles. The summed E-state index contributed by atoms with van der Waals surface area (Å²) < 4.78 is 1.80. The number of fused-ring (bicyclic) bond motifs is 1. The summed E-state index contributed by atoms with van der Waals surface area (Å²) in [5.74, 6) is -0.126. The smallest absolute Gasteiger partial charge is 0.267 e. The van der Waals surface area contributed by atoms with Gasteiger partial charge in [-0.1, -0.05) is 36.4 Å². The van der Waals surface area contributed by atoms with E-state index in [4.69, 9.17) is 0 Å². The first-order valence-corrected chi connectivity index (χ1v) is 7.74. The fourth-order valence-corrected chi connectivity index (χ4v) is 2.65. The maximum atomic E-state index is 12.3. The van der Waals surface area contributed by atoms with E-state index in [0.717, 1.165) is 22.2 Å². The van der Waals surface area contributed by atoms with E-state index >= 15 is 0 Å². The van der Waals surface area contributed by atoms with Crippen molar-refractivity contribution in [2.75, 3.05) is 0 Å². The van der Waals surface area contributed by atoms with Crippen LogP contribution in [-0.4, -0.2) is 20.7 Å². The van der Waals surface area contributed by atoms with Gasteiger partial charge in [-0.05, 0) is 24.3 Å². The molecule has 0 aliphatic rings. The highest BCUT2D eigenvalue weighted by Crippen LogP contribution is 2.14. The fourth-order valence-electron chi connectivity index (χ4n) is 2.65. The molecule has 0 bridgehead atoms.